The zero-order valence-corrected chi connectivity index (χ0v) is 8.58. The summed E-state index contributed by atoms with van der Waals surface area (Å²) < 4.78 is 37.9. The number of rotatable bonds is 4. The fraction of sp³-hybridized carbons (Fsp3) is 0.0909. The molecule has 0 aromatic heterocycles. The maximum atomic E-state index is 12.6. The first-order valence-corrected chi connectivity index (χ1v) is 4.58. The Morgan fingerprint density at radius 1 is 1.24 bits per heavy atom. The zero-order valence-electron chi connectivity index (χ0n) is 8.58. The lowest BCUT2D eigenvalue weighted by Crippen LogP contribution is -2.22. The third-order valence-electron chi connectivity index (χ3n) is 1.90. The van der Waals surface area contributed by atoms with E-state index in [-0.39, 0.29) is 12.0 Å². The van der Waals surface area contributed by atoms with Gasteiger partial charge in [0.15, 0.2) is 6.29 Å². The molecule has 1 aromatic rings. The molecule has 0 spiro atoms. The Hall–Kier alpha value is -2.11. The van der Waals surface area contributed by atoms with Crippen molar-refractivity contribution in [3.8, 4) is 0 Å². The van der Waals surface area contributed by atoms with Crippen molar-refractivity contribution in [1.82, 2.24) is 0 Å². The van der Waals surface area contributed by atoms with Crippen molar-refractivity contribution >= 4 is 18.2 Å². The van der Waals surface area contributed by atoms with Crippen LogP contribution < -0.4 is 5.32 Å². The Bertz CT molecular complexity index is 428. The van der Waals surface area contributed by atoms with Crippen molar-refractivity contribution in [2.45, 2.75) is 6.18 Å². The van der Waals surface area contributed by atoms with E-state index in [9.17, 15) is 18.0 Å². The summed E-state index contributed by atoms with van der Waals surface area (Å²) in [5.41, 5.74) is -1.80. The van der Waals surface area contributed by atoms with E-state index in [0.29, 0.717) is 6.21 Å². The Labute approximate surface area is 95.5 Å². The maximum Gasteiger partial charge on any atom is 0.432 e. The molecule has 0 unspecified atom stereocenters. The molecule has 0 saturated heterocycles. The molecule has 0 aliphatic heterocycles. The molecule has 90 valence electrons. The van der Waals surface area contributed by atoms with E-state index in [1.807, 2.05) is 0 Å². The molecule has 0 aliphatic carbocycles. The Morgan fingerprint density at radius 3 is 2.24 bits per heavy atom. The summed E-state index contributed by atoms with van der Waals surface area (Å²) in [7, 11) is 0. The number of nitrogens with one attached hydrogen (secondary N) is 2. The van der Waals surface area contributed by atoms with E-state index < -0.39 is 17.4 Å². The van der Waals surface area contributed by atoms with Crippen LogP contribution in [0.25, 0.3) is 0 Å². The van der Waals surface area contributed by atoms with Gasteiger partial charge in [-0.3, -0.25) is 4.79 Å². The highest BCUT2D eigenvalue weighted by molar-refractivity contribution is 6.02. The lowest BCUT2D eigenvalue weighted by atomic mass is 10.2. The van der Waals surface area contributed by atoms with Crippen LogP contribution in [0.3, 0.4) is 0 Å². The summed E-state index contributed by atoms with van der Waals surface area (Å²) in [6.07, 6.45) is -4.36. The Balaban J connectivity index is 3.14. The number of hydrogen-bond acceptors (Lipinski definition) is 3. The van der Waals surface area contributed by atoms with Crippen molar-refractivity contribution in [2.24, 2.45) is 0 Å². The molecule has 0 bridgehead atoms. The number of alkyl halides is 3. The average Bonchev–Trinajstić information content (AvgIpc) is 2.29. The van der Waals surface area contributed by atoms with Gasteiger partial charge < -0.3 is 10.7 Å². The highest BCUT2D eigenvalue weighted by Gasteiger charge is 2.36. The number of allylic oxidation sites excluding steroid dienone is 2. The lowest BCUT2D eigenvalue weighted by molar-refractivity contribution is -0.106. The molecule has 0 heterocycles. The van der Waals surface area contributed by atoms with Gasteiger partial charge in [-0.2, -0.15) is 13.2 Å². The van der Waals surface area contributed by atoms with Gasteiger partial charge in [0.05, 0.1) is 5.57 Å². The summed E-state index contributed by atoms with van der Waals surface area (Å²) in [5, 5.41) is 8.88. The fourth-order valence-corrected chi connectivity index (χ4v) is 1.14. The van der Waals surface area contributed by atoms with Crippen molar-refractivity contribution in [3.63, 3.8) is 0 Å². The van der Waals surface area contributed by atoms with Gasteiger partial charge in [-0.25, -0.2) is 0 Å². The lowest BCUT2D eigenvalue weighted by Gasteiger charge is -2.15. The quantitative estimate of drug-likeness (QED) is 0.484. The normalized spacial score (nSPS) is 12.6. The van der Waals surface area contributed by atoms with E-state index >= 15 is 0 Å². The second-order valence-electron chi connectivity index (χ2n) is 3.08. The minimum atomic E-state index is -4.72. The Morgan fingerprint density at radius 2 is 1.82 bits per heavy atom. The van der Waals surface area contributed by atoms with Gasteiger partial charge in [0.1, 0.15) is 5.70 Å². The van der Waals surface area contributed by atoms with E-state index in [1.165, 1.54) is 12.1 Å². The average molecular weight is 242 g/mol. The summed E-state index contributed by atoms with van der Waals surface area (Å²) in [6.45, 7) is 0. The standard InChI is InChI=1S/C11H9F3N2O/c12-11(13,14)10(8(6-15)7-17)16-9-4-2-1-3-5-9/h1-7,15-16H/b10-8+,15-6?. The first-order valence-electron chi connectivity index (χ1n) is 4.58. The molecule has 17 heavy (non-hydrogen) atoms. The van der Waals surface area contributed by atoms with Crippen LogP contribution >= 0.6 is 0 Å². The van der Waals surface area contributed by atoms with Gasteiger partial charge in [-0.15, -0.1) is 0 Å². The number of halogens is 3. The van der Waals surface area contributed by atoms with Gasteiger partial charge in [0.25, 0.3) is 0 Å². The van der Waals surface area contributed by atoms with Crippen LogP contribution in [0.5, 0.6) is 0 Å². The molecule has 0 aliphatic rings. The molecule has 1 aromatic carbocycles. The van der Waals surface area contributed by atoms with Crippen LogP contribution in [0, 0.1) is 5.41 Å². The van der Waals surface area contributed by atoms with Crippen molar-refractivity contribution in [1.29, 1.82) is 5.41 Å². The summed E-state index contributed by atoms with van der Waals surface area (Å²) >= 11 is 0. The minimum Gasteiger partial charge on any atom is -0.351 e. The topological polar surface area (TPSA) is 53.0 Å². The van der Waals surface area contributed by atoms with Gasteiger partial charge in [-0.1, -0.05) is 18.2 Å². The Kier molecular flexibility index (Phi) is 4.03. The van der Waals surface area contributed by atoms with E-state index in [0.717, 1.165) is 0 Å². The maximum absolute atomic E-state index is 12.6. The fourth-order valence-electron chi connectivity index (χ4n) is 1.14. The van der Waals surface area contributed by atoms with E-state index in [4.69, 9.17) is 5.41 Å². The van der Waals surface area contributed by atoms with E-state index in [2.05, 4.69) is 5.32 Å². The first kappa shape index (κ1) is 13.0. The smallest absolute Gasteiger partial charge is 0.351 e. The molecule has 6 heteroatoms. The molecular formula is C11H9F3N2O. The second-order valence-corrected chi connectivity index (χ2v) is 3.08. The zero-order chi connectivity index (χ0) is 12.9. The number of carbonyl (C=O) groups excluding carboxylic acids is 1. The second kappa shape index (κ2) is 5.29. The number of anilines is 1. The summed E-state index contributed by atoms with van der Waals surface area (Å²) in [4.78, 5) is 10.5. The van der Waals surface area contributed by atoms with Crippen LogP contribution in [0.4, 0.5) is 18.9 Å². The van der Waals surface area contributed by atoms with Crippen LogP contribution in [-0.2, 0) is 4.79 Å². The molecule has 0 amide bonds. The van der Waals surface area contributed by atoms with Crippen LogP contribution in [0.15, 0.2) is 41.6 Å². The van der Waals surface area contributed by atoms with Crippen LogP contribution in [0.2, 0.25) is 0 Å². The molecule has 0 radical (unpaired) electrons. The molecule has 2 N–H and O–H groups in total. The van der Waals surface area contributed by atoms with Crippen molar-refractivity contribution < 1.29 is 18.0 Å². The third kappa shape index (κ3) is 3.44. The molecular weight excluding hydrogens is 233 g/mol. The SMILES string of the molecule is N=C/C(C=O)=C(\Nc1ccccc1)C(F)(F)F. The van der Waals surface area contributed by atoms with Gasteiger partial charge in [0, 0.05) is 11.9 Å². The molecule has 0 atom stereocenters. The highest BCUT2D eigenvalue weighted by Crippen LogP contribution is 2.28. The number of carbonyl (C=O) groups is 1. The number of para-hydroxylation sites is 1. The van der Waals surface area contributed by atoms with Gasteiger partial charge in [-0.05, 0) is 12.1 Å². The van der Waals surface area contributed by atoms with Crippen LogP contribution in [-0.4, -0.2) is 18.7 Å². The molecule has 0 fully saturated rings. The predicted octanol–water partition coefficient (Wildman–Crippen LogP) is 2.76. The van der Waals surface area contributed by atoms with Crippen LogP contribution in [0.1, 0.15) is 0 Å². The number of aldehydes is 1. The third-order valence-corrected chi connectivity index (χ3v) is 1.90. The predicted molar refractivity (Wildman–Crippen MR) is 58.0 cm³/mol. The molecule has 0 saturated carbocycles. The molecule has 1 rings (SSSR count). The van der Waals surface area contributed by atoms with Gasteiger partial charge in [0.2, 0.25) is 0 Å². The largest absolute Gasteiger partial charge is 0.432 e. The number of hydrogen-bond donors (Lipinski definition) is 2. The monoisotopic (exact) mass is 242 g/mol. The number of benzene rings is 1. The van der Waals surface area contributed by atoms with E-state index in [1.54, 1.807) is 18.2 Å². The van der Waals surface area contributed by atoms with Gasteiger partial charge >= 0.3 is 6.18 Å². The van der Waals surface area contributed by atoms with Crippen molar-refractivity contribution in [2.75, 3.05) is 5.32 Å². The first-order chi connectivity index (χ1) is 7.99. The summed E-state index contributed by atoms with van der Waals surface area (Å²) in [5.74, 6) is 0. The highest BCUT2D eigenvalue weighted by atomic mass is 19.4. The molecule has 3 nitrogen and oxygen atoms in total. The van der Waals surface area contributed by atoms with Crippen molar-refractivity contribution in [3.05, 3.63) is 41.6 Å². The minimum absolute atomic E-state index is 0.00817. The summed E-state index contributed by atoms with van der Waals surface area (Å²) in [6, 6.07) is 7.62.